The lowest BCUT2D eigenvalue weighted by molar-refractivity contribution is -0.148. The molecule has 0 bridgehead atoms. The van der Waals surface area contributed by atoms with Gasteiger partial charge in [-0.05, 0) is 61.2 Å². The molecule has 42 heavy (non-hydrogen) atoms. The maximum atomic E-state index is 14.3. The molecule has 0 aromatic heterocycles. The number of ketones is 2. The maximum absolute atomic E-state index is 14.3. The van der Waals surface area contributed by atoms with E-state index >= 15 is 0 Å². The van der Waals surface area contributed by atoms with Crippen molar-refractivity contribution in [3.63, 3.8) is 0 Å². The number of aliphatic hydroxyl groups excluding tert-OH is 2. The average Bonchev–Trinajstić information content (AvgIpc) is 2.95. The first-order valence-electron chi connectivity index (χ1n) is 13.6. The molecule has 0 spiro atoms. The lowest BCUT2D eigenvalue weighted by Crippen LogP contribution is -2.63. The van der Waals surface area contributed by atoms with Gasteiger partial charge in [0.1, 0.15) is 22.8 Å². The Morgan fingerprint density at radius 2 is 1.50 bits per heavy atom. The first-order chi connectivity index (χ1) is 20.0. The number of phenols is 1. The van der Waals surface area contributed by atoms with Crippen LogP contribution in [0.5, 0.6) is 5.75 Å². The molecule has 1 amide bonds. The standard InChI is InChI=1S/C33H30N2O7/c1-35(2)26-22-14-18-13-21-19(16-9-5-3-6-10-16)15-20(17-11-7-4-8-12-17)27(36)24(21)28(37)23(18)30(39)33(22,42)31(40)25(29(26)38)32(34)41/h3-12,15,18,22,26,36,38-39,42H,13-14H2,1-2H3,(H2,34,41)/t18-,22-,26-,33-/m0/s1. The molecule has 6 rings (SSSR count). The van der Waals surface area contributed by atoms with Gasteiger partial charge in [0.2, 0.25) is 5.78 Å². The van der Waals surface area contributed by atoms with E-state index in [1.807, 2.05) is 66.7 Å². The van der Waals surface area contributed by atoms with E-state index < -0.39 is 58.0 Å². The number of fused-ring (bicyclic) bond motifs is 3. The number of nitrogens with two attached hydrogens (primary N) is 1. The number of phenolic OH excluding ortho intramolecular Hbond substituents is 1. The Morgan fingerprint density at radius 3 is 2.05 bits per heavy atom. The molecule has 0 saturated carbocycles. The van der Waals surface area contributed by atoms with Crippen LogP contribution >= 0.6 is 0 Å². The molecular weight excluding hydrogens is 536 g/mol. The highest BCUT2D eigenvalue weighted by Crippen LogP contribution is 2.54. The fraction of sp³-hybridized carbons (Fsp3) is 0.242. The van der Waals surface area contributed by atoms with E-state index in [2.05, 4.69) is 0 Å². The number of aromatic hydroxyl groups is 1. The number of hydrogen-bond acceptors (Lipinski definition) is 8. The maximum Gasteiger partial charge on any atom is 0.255 e. The number of primary amides is 1. The Kier molecular flexibility index (Phi) is 6.32. The van der Waals surface area contributed by atoms with Gasteiger partial charge in [-0.1, -0.05) is 60.7 Å². The quantitative estimate of drug-likeness (QED) is 0.300. The second-order valence-electron chi connectivity index (χ2n) is 11.4. The molecule has 9 heteroatoms. The van der Waals surface area contributed by atoms with Gasteiger partial charge in [0.15, 0.2) is 11.4 Å². The summed E-state index contributed by atoms with van der Waals surface area (Å²) in [7, 11) is 3.20. The van der Waals surface area contributed by atoms with Crippen molar-refractivity contribution in [3.8, 4) is 28.0 Å². The smallest absolute Gasteiger partial charge is 0.255 e. The molecule has 0 aliphatic heterocycles. The summed E-state index contributed by atoms with van der Waals surface area (Å²) in [6.45, 7) is 0. The molecule has 6 N–H and O–H groups in total. The second-order valence-corrected chi connectivity index (χ2v) is 11.4. The molecule has 0 saturated heterocycles. The normalized spacial score (nSPS) is 25.3. The molecule has 3 aliphatic carbocycles. The van der Waals surface area contributed by atoms with Crippen molar-refractivity contribution >= 4 is 17.5 Å². The summed E-state index contributed by atoms with van der Waals surface area (Å²) in [6.07, 6.45) is 0.239. The van der Waals surface area contributed by atoms with E-state index in [1.165, 1.54) is 4.90 Å². The van der Waals surface area contributed by atoms with E-state index in [1.54, 1.807) is 14.1 Å². The largest absolute Gasteiger partial charge is 0.510 e. The van der Waals surface area contributed by atoms with Crippen molar-refractivity contribution in [2.75, 3.05) is 14.1 Å². The summed E-state index contributed by atoms with van der Waals surface area (Å²) in [4.78, 5) is 41.6. The van der Waals surface area contributed by atoms with Crippen molar-refractivity contribution in [2.24, 2.45) is 17.6 Å². The molecule has 0 fully saturated rings. The summed E-state index contributed by atoms with van der Waals surface area (Å²) in [5.74, 6) is -6.72. The van der Waals surface area contributed by atoms with Gasteiger partial charge in [-0.3, -0.25) is 19.3 Å². The SMILES string of the molecule is CN(C)[C@@H]1C(O)=C(C(N)=O)C(=O)[C@@]2(O)C(O)=C3C(=O)c4c(O)c(-c5ccccc5)cc(-c5ccccc5)c4C[C@H]3C[C@@H]12. The first kappa shape index (κ1) is 27.4. The number of allylic oxidation sites excluding steroid dienone is 1. The van der Waals surface area contributed by atoms with E-state index in [4.69, 9.17) is 5.73 Å². The van der Waals surface area contributed by atoms with Crippen LogP contribution in [-0.4, -0.2) is 68.5 Å². The fourth-order valence-corrected chi connectivity index (χ4v) is 7.03. The van der Waals surface area contributed by atoms with Crippen LogP contribution in [0.4, 0.5) is 0 Å². The van der Waals surface area contributed by atoms with E-state index in [0.717, 1.165) is 11.1 Å². The molecule has 0 unspecified atom stereocenters. The third kappa shape index (κ3) is 3.74. The number of amides is 1. The number of carbonyl (C=O) groups is 3. The lowest BCUT2D eigenvalue weighted by Gasteiger charge is -2.50. The minimum absolute atomic E-state index is 0.0176. The van der Waals surface area contributed by atoms with Crippen LogP contribution in [0.1, 0.15) is 22.3 Å². The van der Waals surface area contributed by atoms with Crippen LogP contribution in [0, 0.1) is 11.8 Å². The first-order valence-corrected chi connectivity index (χ1v) is 13.6. The van der Waals surface area contributed by atoms with E-state index in [0.29, 0.717) is 16.7 Å². The summed E-state index contributed by atoms with van der Waals surface area (Å²) in [6, 6.07) is 19.3. The van der Waals surface area contributed by atoms with Crippen LogP contribution in [0.2, 0.25) is 0 Å². The Balaban J connectivity index is 1.61. The number of Topliss-reactive ketones (excluding diaryl/α,β-unsaturated/α-hetero) is 2. The van der Waals surface area contributed by atoms with Gasteiger partial charge in [-0.15, -0.1) is 0 Å². The Hall–Kier alpha value is -4.73. The molecule has 9 nitrogen and oxygen atoms in total. The van der Waals surface area contributed by atoms with Crippen molar-refractivity contribution in [1.29, 1.82) is 0 Å². The van der Waals surface area contributed by atoms with Gasteiger partial charge in [0, 0.05) is 17.1 Å². The Labute approximate surface area is 241 Å². The molecule has 4 atom stereocenters. The molecule has 214 valence electrons. The number of carbonyl (C=O) groups excluding carboxylic acids is 3. The molecule has 0 radical (unpaired) electrons. The van der Waals surface area contributed by atoms with Crippen molar-refractivity contribution in [3.05, 3.63) is 101 Å². The number of hydrogen-bond donors (Lipinski definition) is 5. The molecule has 3 aromatic rings. The Bertz CT molecular complexity index is 1730. The van der Waals surface area contributed by atoms with Gasteiger partial charge in [-0.2, -0.15) is 0 Å². The van der Waals surface area contributed by atoms with Gasteiger partial charge in [0.05, 0.1) is 11.6 Å². The highest BCUT2D eigenvalue weighted by Gasteiger charge is 2.63. The minimum atomic E-state index is -2.68. The summed E-state index contributed by atoms with van der Waals surface area (Å²) in [5.41, 5.74) is 4.93. The van der Waals surface area contributed by atoms with Crippen molar-refractivity contribution in [2.45, 2.75) is 24.5 Å². The van der Waals surface area contributed by atoms with Crippen molar-refractivity contribution < 1.29 is 34.8 Å². The van der Waals surface area contributed by atoms with Crippen molar-refractivity contribution in [1.82, 2.24) is 4.90 Å². The fourth-order valence-electron chi connectivity index (χ4n) is 7.03. The number of nitrogens with zero attached hydrogens (tertiary/aromatic N) is 1. The van der Waals surface area contributed by atoms with Crippen LogP contribution in [-0.2, 0) is 16.0 Å². The average molecular weight is 567 g/mol. The third-order valence-corrected chi connectivity index (χ3v) is 8.89. The minimum Gasteiger partial charge on any atom is -0.510 e. The van der Waals surface area contributed by atoms with Crippen LogP contribution in [0.3, 0.4) is 0 Å². The highest BCUT2D eigenvalue weighted by atomic mass is 16.3. The van der Waals surface area contributed by atoms with Gasteiger partial charge < -0.3 is 26.2 Å². The molecule has 3 aromatic carbocycles. The predicted molar refractivity (Wildman–Crippen MR) is 155 cm³/mol. The Morgan fingerprint density at radius 1 is 0.929 bits per heavy atom. The van der Waals surface area contributed by atoms with Crippen LogP contribution < -0.4 is 5.73 Å². The molecule has 0 heterocycles. The number of aliphatic hydroxyl groups is 3. The zero-order valence-corrected chi connectivity index (χ0v) is 23.0. The summed E-state index contributed by atoms with van der Waals surface area (Å²) in [5, 5.41) is 46.0. The second kappa shape index (κ2) is 9.68. The topological polar surface area (TPSA) is 161 Å². The summed E-state index contributed by atoms with van der Waals surface area (Å²) < 4.78 is 0. The zero-order chi connectivity index (χ0) is 30.1. The highest BCUT2D eigenvalue weighted by molar-refractivity contribution is 6.25. The number of rotatable bonds is 4. The monoisotopic (exact) mass is 566 g/mol. The predicted octanol–water partition coefficient (Wildman–Crippen LogP) is 3.45. The summed E-state index contributed by atoms with van der Waals surface area (Å²) >= 11 is 0. The van der Waals surface area contributed by atoms with E-state index in [-0.39, 0.29) is 29.7 Å². The number of benzene rings is 3. The molecular formula is C33H30N2O7. The molecule has 3 aliphatic rings. The third-order valence-electron chi connectivity index (χ3n) is 8.89. The van der Waals surface area contributed by atoms with Gasteiger partial charge in [-0.25, -0.2) is 0 Å². The van der Waals surface area contributed by atoms with E-state index in [9.17, 15) is 34.8 Å². The number of likely N-dealkylation sites (N-methyl/N-ethyl adjacent to an activating group) is 1. The lowest BCUT2D eigenvalue weighted by atomic mass is 9.58. The van der Waals surface area contributed by atoms with Crippen LogP contribution in [0.25, 0.3) is 22.3 Å². The van der Waals surface area contributed by atoms with Gasteiger partial charge >= 0.3 is 0 Å². The zero-order valence-electron chi connectivity index (χ0n) is 23.0. The van der Waals surface area contributed by atoms with Gasteiger partial charge in [0.25, 0.3) is 5.91 Å². The van der Waals surface area contributed by atoms with Crippen LogP contribution in [0.15, 0.2) is 89.4 Å².